The van der Waals surface area contributed by atoms with E-state index in [-0.39, 0.29) is 0 Å². The van der Waals surface area contributed by atoms with Gasteiger partial charge in [0, 0.05) is 0 Å². The summed E-state index contributed by atoms with van der Waals surface area (Å²) >= 11 is 12.2. The molecule has 0 aromatic heterocycles. The van der Waals surface area contributed by atoms with Crippen LogP contribution in [-0.4, -0.2) is 13.1 Å². The first-order chi connectivity index (χ1) is 7.77. The van der Waals surface area contributed by atoms with Gasteiger partial charge >= 0.3 is 0 Å². The molecule has 0 saturated carbocycles. The average molecular weight is 258 g/mol. The van der Waals surface area contributed by atoms with Crippen LogP contribution in [0.2, 0.25) is 10.0 Å². The van der Waals surface area contributed by atoms with E-state index in [9.17, 15) is 0 Å². The van der Waals surface area contributed by atoms with Crippen molar-refractivity contribution in [3.63, 3.8) is 0 Å². The molecule has 1 saturated heterocycles. The molecule has 0 radical (unpaired) electrons. The van der Waals surface area contributed by atoms with Gasteiger partial charge in [0.15, 0.2) is 0 Å². The average Bonchev–Trinajstić information content (AvgIpc) is 2.53. The maximum atomic E-state index is 6.20. The molecule has 1 unspecified atom stereocenters. The lowest BCUT2D eigenvalue weighted by molar-refractivity contribution is 0.477. The number of nitrogens with one attached hydrogen (secondary N) is 1. The molecule has 1 atom stereocenters. The molecule has 0 amide bonds. The summed E-state index contributed by atoms with van der Waals surface area (Å²) in [7, 11) is 0. The van der Waals surface area contributed by atoms with Gasteiger partial charge < -0.3 is 5.32 Å². The Balaban J connectivity index is 2.04. The SMILES string of the molecule is Clc1cccc(CC2CCCCNC2)c1Cl. The first-order valence-electron chi connectivity index (χ1n) is 5.91. The summed E-state index contributed by atoms with van der Waals surface area (Å²) < 4.78 is 0. The van der Waals surface area contributed by atoms with Crippen LogP contribution in [-0.2, 0) is 6.42 Å². The monoisotopic (exact) mass is 257 g/mol. The number of hydrogen-bond donors (Lipinski definition) is 1. The van der Waals surface area contributed by atoms with Gasteiger partial charge in [-0.3, -0.25) is 0 Å². The van der Waals surface area contributed by atoms with E-state index in [1.165, 1.54) is 24.8 Å². The van der Waals surface area contributed by atoms with Gasteiger partial charge in [-0.15, -0.1) is 0 Å². The first kappa shape index (κ1) is 12.2. The van der Waals surface area contributed by atoms with E-state index in [0.717, 1.165) is 24.5 Å². The fourth-order valence-corrected chi connectivity index (χ4v) is 2.68. The molecule has 0 aliphatic carbocycles. The molecule has 0 bridgehead atoms. The zero-order valence-electron chi connectivity index (χ0n) is 9.31. The highest BCUT2D eigenvalue weighted by Gasteiger charge is 2.14. The Labute approximate surface area is 107 Å². The molecule has 1 aromatic carbocycles. The third-order valence-corrected chi connectivity index (χ3v) is 4.05. The van der Waals surface area contributed by atoms with E-state index in [0.29, 0.717) is 10.9 Å². The molecular weight excluding hydrogens is 241 g/mol. The Morgan fingerprint density at radius 2 is 2.12 bits per heavy atom. The molecule has 1 aliphatic rings. The molecule has 2 rings (SSSR count). The van der Waals surface area contributed by atoms with Gasteiger partial charge in [0.05, 0.1) is 10.0 Å². The Bertz CT molecular complexity index is 344. The van der Waals surface area contributed by atoms with Crippen molar-refractivity contribution in [1.82, 2.24) is 5.32 Å². The zero-order chi connectivity index (χ0) is 11.4. The predicted molar refractivity (Wildman–Crippen MR) is 70.4 cm³/mol. The van der Waals surface area contributed by atoms with E-state index in [1.807, 2.05) is 12.1 Å². The maximum Gasteiger partial charge on any atom is 0.0624 e. The second-order valence-corrected chi connectivity index (χ2v) is 5.27. The van der Waals surface area contributed by atoms with Crippen LogP contribution in [0.15, 0.2) is 18.2 Å². The fraction of sp³-hybridized carbons (Fsp3) is 0.538. The van der Waals surface area contributed by atoms with E-state index in [4.69, 9.17) is 23.2 Å². The zero-order valence-corrected chi connectivity index (χ0v) is 10.8. The first-order valence-corrected chi connectivity index (χ1v) is 6.66. The number of halogens is 2. The summed E-state index contributed by atoms with van der Waals surface area (Å²) in [6.07, 6.45) is 4.93. The third-order valence-electron chi connectivity index (χ3n) is 3.19. The predicted octanol–water partition coefficient (Wildman–Crippen LogP) is 3.93. The van der Waals surface area contributed by atoms with Crippen molar-refractivity contribution in [2.45, 2.75) is 25.7 Å². The lowest BCUT2D eigenvalue weighted by Gasteiger charge is -2.15. The van der Waals surface area contributed by atoms with Crippen LogP contribution < -0.4 is 5.32 Å². The second-order valence-electron chi connectivity index (χ2n) is 4.48. The molecule has 88 valence electrons. The van der Waals surface area contributed by atoms with Gasteiger partial charge in [-0.25, -0.2) is 0 Å². The van der Waals surface area contributed by atoms with Crippen molar-refractivity contribution in [2.24, 2.45) is 5.92 Å². The van der Waals surface area contributed by atoms with Crippen LogP contribution in [0, 0.1) is 5.92 Å². The summed E-state index contributed by atoms with van der Waals surface area (Å²) in [6, 6.07) is 5.91. The molecule has 1 N–H and O–H groups in total. The van der Waals surface area contributed by atoms with Gasteiger partial charge in [0.2, 0.25) is 0 Å². The molecule has 1 nitrogen and oxygen atoms in total. The lowest BCUT2D eigenvalue weighted by Crippen LogP contribution is -2.22. The van der Waals surface area contributed by atoms with Crippen molar-refractivity contribution < 1.29 is 0 Å². The number of benzene rings is 1. The summed E-state index contributed by atoms with van der Waals surface area (Å²) in [6.45, 7) is 2.25. The lowest BCUT2D eigenvalue weighted by atomic mass is 9.95. The van der Waals surface area contributed by atoms with E-state index >= 15 is 0 Å². The normalized spacial score (nSPS) is 21.8. The van der Waals surface area contributed by atoms with Crippen molar-refractivity contribution in [1.29, 1.82) is 0 Å². The molecule has 1 aromatic rings. The highest BCUT2D eigenvalue weighted by molar-refractivity contribution is 6.42. The highest BCUT2D eigenvalue weighted by atomic mass is 35.5. The minimum Gasteiger partial charge on any atom is -0.316 e. The minimum atomic E-state index is 0.667. The van der Waals surface area contributed by atoms with Crippen molar-refractivity contribution in [3.05, 3.63) is 33.8 Å². The Hall–Kier alpha value is -0.240. The molecular formula is C13H17Cl2N. The highest BCUT2D eigenvalue weighted by Crippen LogP contribution is 2.28. The third kappa shape index (κ3) is 3.13. The van der Waals surface area contributed by atoms with Crippen LogP contribution in [0.4, 0.5) is 0 Å². The minimum absolute atomic E-state index is 0.667. The Morgan fingerprint density at radius 3 is 3.00 bits per heavy atom. The molecule has 1 aliphatic heterocycles. The van der Waals surface area contributed by atoms with E-state index in [2.05, 4.69) is 11.4 Å². The molecule has 1 heterocycles. The van der Waals surface area contributed by atoms with Gasteiger partial charge in [-0.1, -0.05) is 41.8 Å². The van der Waals surface area contributed by atoms with Crippen molar-refractivity contribution >= 4 is 23.2 Å². The quantitative estimate of drug-likeness (QED) is 0.847. The largest absolute Gasteiger partial charge is 0.316 e. The van der Waals surface area contributed by atoms with E-state index < -0.39 is 0 Å². The summed E-state index contributed by atoms with van der Waals surface area (Å²) in [5.41, 5.74) is 1.18. The molecule has 0 spiro atoms. The number of hydrogen-bond acceptors (Lipinski definition) is 1. The van der Waals surface area contributed by atoms with Gasteiger partial charge in [-0.2, -0.15) is 0 Å². The maximum absolute atomic E-state index is 6.20. The Morgan fingerprint density at radius 1 is 1.25 bits per heavy atom. The summed E-state index contributed by atoms with van der Waals surface area (Å²) in [5, 5.41) is 4.87. The summed E-state index contributed by atoms with van der Waals surface area (Å²) in [4.78, 5) is 0. The Kier molecular flexibility index (Phi) is 4.51. The summed E-state index contributed by atoms with van der Waals surface area (Å²) in [5.74, 6) is 0.693. The second kappa shape index (κ2) is 5.90. The van der Waals surface area contributed by atoms with Crippen LogP contribution >= 0.6 is 23.2 Å². The fourth-order valence-electron chi connectivity index (χ4n) is 2.28. The van der Waals surface area contributed by atoms with Gasteiger partial charge in [0.25, 0.3) is 0 Å². The topological polar surface area (TPSA) is 12.0 Å². The van der Waals surface area contributed by atoms with Gasteiger partial charge in [0.1, 0.15) is 0 Å². The number of rotatable bonds is 2. The van der Waals surface area contributed by atoms with Crippen LogP contribution in [0.1, 0.15) is 24.8 Å². The van der Waals surface area contributed by atoms with Crippen molar-refractivity contribution in [2.75, 3.05) is 13.1 Å². The molecule has 3 heteroatoms. The van der Waals surface area contributed by atoms with E-state index in [1.54, 1.807) is 0 Å². The molecule has 16 heavy (non-hydrogen) atoms. The van der Waals surface area contributed by atoms with Crippen LogP contribution in [0.3, 0.4) is 0 Å². The van der Waals surface area contributed by atoms with Crippen LogP contribution in [0.25, 0.3) is 0 Å². The van der Waals surface area contributed by atoms with Gasteiger partial charge in [-0.05, 0) is 49.9 Å². The standard InChI is InChI=1S/C13H17Cl2N/c14-12-6-3-5-11(13(12)15)8-10-4-1-2-7-16-9-10/h3,5-6,10,16H,1-2,4,7-9H2. The van der Waals surface area contributed by atoms with Crippen molar-refractivity contribution in [3.8, 4) is 0 Å². The molecule has 1 fully saturated rings. The smallest absolute Gasteiger partial charge is 0.0624 e. The van der Waals surface area contributed by atoms with Crippen LogP contribution in [0.5, 0.6) is 0 Å².